The number of ether oxygens (including phenoxy) is 4. The highest BCUT2D eigenvalue weighted by Gasteiger charge is 2.15. The molecule has 4 aromatic rings. The minimum atomic E-state index is -0.981. The number of hydrogen-bond acceptors (Lipinski definition) is 7. The van der Waals surface area contributed by atoms with Crippen LogP contribution < -0.4 is 14.4 Å². The van der Waals surface area contributed by atoms with Crippen molar-refractivity contribution in [3.05, 3.63) is 114 Å². The van der Waals surface area contributed by atoms with Gasteiger partial charge in [-0.1, -0.05) is 66.7 Å². The van der Waals surface area contributed by atoms with E-state index in [1.54, 1.807) is 25.3 Å². The number of anilines is 3. The Morgan fingerprint density at radius 2 is 1.29 bits per heavy atom. The van der Waals surface area contributed by atoms with Crippen molar-refractivity contribution in [2.75, 3.05) is 18.8 Å². The summed E-state index contributed by atoms with van der Waals surface area (Å²) in [6.45, 7) is 0.701. The molecule has 0 aliphatic rings. The molecule has 192 valence electrons. The Bertz CT molecular complexity index is 1400. The van der Waals surface area contributed by atoms with Crippen molar-refractivity contribution in [1.29, 1.82) is 0 Å². The average molecular weight is 510 g/mol. The topological polar surface area (TPSA) is 74.3 Å². The minimum absolute atomic E-state index is 0.269. The summed E-state index contributed by atoms with van der Waals surface area (Å²) in [5, 5.41) is 0. The molecule has 0 atom stereocenters. The van der Waals surface area contributed by atoms with E-state index in [2.05, 4.69) is 29.0 Å². The van der Waals surface area contributed by atoms with Crippen molar-refractivity contribution in [1.82, 2.24) is 0 Å². The Balaban J connectivity index is 1.61. The van der Waals surface area contributed by atoms with Crippen molar-refractivity contribution in [3.63, 3.8) is 0 Å². The summed E-state index contributed by atoms with van der Waals surface area (Å²) in [6.07, 6.45) is 3.15. The SMILES string of the molecule is COc1cccc(N(c2ccc(/C=C/c3ccccc3)cc2)c2cccc(OC(=O)OCOC(C)=O)c2)c1. The van der Waals surface area contributed by atoms with Crippen molar-refractivity contribution in [3.8, 4) is 11.5 Å². The molecule has 38 heavy (non-hydrogen) atoms. The molecule has 0 bridgehead atoms. The first-order valence-corrected chi connectivity index (χ1v) is 11.9. The van der Waals surface area contributed by atoms with E-state index in [-0.39, 0.29) is 5.75 Å². The Morgan fingerprint density at radius 1 is 0.684 bits per heavy atom. The molecule has 7 heteroatoms. The lowest BCUT2D eigenvalue weighted by molar-refractivity contribution is -0.149. The van der Waals surface area contributed by atoms with Gasteiger partial charge in [-0.25, -0.2) is 4.79 Å². The van der Waals surface area contributed by atoms with E-state index in [4.69, 9.17) is 14.2 Å². The van der Waals surface area contributed by atoms with E-state index >= 15 is 0 Å². The number of methoxy groups -OCH3 is 1. The van der Waals surface area contributed by atoms with Crippen LogP contribution in [0, 0.1) is 0 Å². The highest BCUT2D eigenvalue weighted by atomic mass is 16.8. The first kappa shape index (κ1) is 26.0. The molecule has 0 saturated heterocycles. The van der Waals surface area contributed by atoms with Crippen LogP contribution in [-0.2, 0) is 14.3 Å². The highest BCUT2D eigenvalue weighted by molar-refractivity contribution is 5.79. The molecule has 0 N–H and O–H groups in total. The van der Waals surface area contributed by atoms with Crippen LogP contribution in [0.3, 0.4) is 0 Å². The van der Waals surface area contributed by atoms with Crippen LogP contribution in [-0.4, -0.2) is 26.0 Å². The molecule has 0 spiro atoms. The zero-order valence-electron chi connectivity index (χ0n) is 21.1. The maximum atomic E-state index is 12.0. The van der Waals surface area contributed by atoms with Gasteiger partial charge in [-0.2, -0.15) is 0 Å². The fraction of sp³-hybridized carbons (Fsp3) is 0.0968. The number of benzene rings is 4. The number of nitrogens with zero attached hydrogens (tertiary/aromatic N) is 1. The fourth-order valence-corrected chi connectivity index (χ4v) is 3.66. The number of hydrogen-bond donors (Lipinski definition) is 0. The first-order chi connectivity index (χ1) is 18.5. The molecule has 0 aliphatic carbocycles. The second-order valence-electron chi connectivity index (χ2n) is 8.12. The number of carbonyl (C=O) groups excluding carboxylic acids is 2. The predicted octanol–water partition coefficient (Wildman–Crippen LogP) is 7.37. The van der Waals surface area contributed by atoms with E-state index in [0.29, 0.717) is 5.75 Å². The van der Waals surface area contributed by atoms with Gasteiger partial charge >= 0.3 is 12.1 Å². The quantitative estimate of drug-likeness (QED) is 0.101. The highest BCUT2D eigenvalue weighted by Crippen LogP contribution is 2.37. The lowest BCUT2D eigenvalue weighted by atomic mass is 10.1. The molecule has 0 aliphatic heterocycles. The molecule has 0 radical (unpaired) electrons. The third-order valence-electron chi connectivity index (χ3n) is 5.45. The summed E-state index contributed by atoms with van der Waals surface area (Å²) < 4.78 is 20.1. The summed E-state index contributed by atoms with van der Waals surface area (Å²) in [5.74, 6) is 0.414. The van der Waals surface area contributed by atoms with E-state index in [1.165, 1.54) is 6.92 Å². The van der Waals surface area contributed by atoms with Gasteiger partial charge in [-0.15, -0.1) is 0 Å². The predicted molar refractivity (Wildman–Crippen MR) is 147 cm³/mol. The zero-order chi connectivity index (χ0) is 26.7. The maximum Gasteiger partial charge on any atom is 0.516 e. The molecule has 7 nitrogen and oxygen atoms in total. The molecule has 0 amide bonds. The fourth-order valence-electron chi connectivity index (χ4n) is 3.66. The van der Waals surface area contributed by atoms with Gasteiger partial charge in [-0.05, 0) is 47.5 Å². The first-order valence-electron chi connectivity index (χ1n) is 11.9. The van der Waals surface area contributed by atoms with Crippen LogP contribution in [0.4, 0.5) is 21.9 Å². The molecular weight excluding hydrogens is 482 g/mol. The van der Waals surface area contributed by atoms with E-state index in [9.17, 15) is 9.59 Å². The Morgan fingerprint density at radius 3 is 1.92 bits per heavy atom. The van der Waals surface area contributed by atoms with Crippen LogP contribution in [0.2, 0.25) is 0 Å². The monoisotopic (exact) mass is 509 g/mol. The number of esters is 1. The normalized spacial score (nSPS) is 10.6. The molecule has 0 aromatic heterocycles. The lowest BCUT2D eigenvalue weighted by Gasteiger charge is -2.26. The van der Waals surface area contributed by atoms with Crippen LogP contribution in [0.5, 0.6) is 11.5 Å². The van der Waals surface area contributed by atoms with E-state index in [0.717, 1.165) is 28.2 Å². The maximum absolute atomic E-state index is 12.0. The molecule has 0 unspecified atom stereocenters. The molecule has 0 saturated carbocycles. The second kappa shape index (κ2) is 12.8. The Kier molecular flexibility index (Phi) is 8.76. The average Bonchev–Trinajstić information content (AvgIpc) is 2.93. The van der Waals surface area contributed by atoms with Crippen LogP contribution >= 0.6 is 0 Å². The second-order valence-corrected chi connectivity index (χ2v) is 8.12. The van der Waals surface area contributed by atoms with Crippen LogP contribution in [0.1, 0.15) is 18.1 Å². The van der Waals surface area contributed by atoms with E-state index in [1.807, 2.05) is 77.7 Å². The van der Waals surface area contributed by atoms with E-state index < -0.39 is 18.9 Å². The third-order valence-corrected chi connectivity index (χ3v) is 5.45. The third kappa shape index (κ3) is 7.24. The largest absolute Gasteiger partial charge is 0.516 e. The van der Waals surface area contributed by atoms with Gasteiger partial charge in [0.2, 0.25) is 6.79 Å². The molecule has 0 heterocycles. The van der Waals surface area contributed by atoms with Gasteiger partial charge in [0.1, 0.15) is 11.5 Å². The molecule has 4 rings (SSSR count). The van der Waals surface area contributed by atoms with Crippen LogP contribution in [0.15, 0.2) is 103 Å². The molecule has 4 aromatic carbocycles. The van der Waals surface area contributed by atoms with Gasteiger partial charge in [0.25, 0.3) is 0 Å². The van der Waals surface area contributed by atoms with Crippen molar-refractivity contribution >= 4 is 41.3 Å². The summed E-state index contributed by atoms with van der Waals surface area (Å²) >= 11 is 0. The lowest BCUT2D eigenvalue weighted by Crippen LogP contribution is -2.15. The van der Waals surface area contributed by atoms with Gasteiger partial charge < -0.3 is 23.8 Å². The standard InChI is InChI=1S/C31H27NO6/c1-23(33)36-22-37-31(34)38-30-13-7-11-28(21-30)32(27-10-6-12-29(20-27)35-2)26-18-16-25(17-19-26)15-14-24-8-4-3-5-9-24/h3-21H,22H2,1-2H3/b15-14+. The Labute approximate surface area is 221 Å². The molecular formula is C31H27NO6. The van der Waals surface area contributed by atoms with Crippen molar-refractivity contribution in [2.24, 2.45) is 0 Å². The smallest absolute Gasteiger partial charge is 0.497 e. The number of carbonyl (C=O) groups is 2. The number of rotatable bonds is 9. The van der Waals surface area contributed by atoms with Crippen molar-refractivity contribution in [2.45, 2.75) is 6.92 Å². The van der Waals surface area contributed by atoms with Crippen LogP contribution in [0.25, 0.3) is 12.2 Å². The van der Waals surface area contributed by atoms with Gasteiger partial charge in [-0.3, -0.25) is 4.79 Å². The van der Waals surface area contributed by atoms with Gasteiger partial charge in [0.05, 0.1) is 7.11 Å². The van der Waals surface area contributed by atoms with Gasteiger partial charge in [0, 0.05) is 36.1 Å². The zero-order valence-corrected chi connectivity index (χ0v) is 21.1. The summed E-state index contributed by atoms with van der Waals surface area (Å²) in [4.78, 5) is 24.9. The minimum Gasteiger partial charge on any atom is -0.497 e. The van der Waals surface area contributed by atoms with Crippen molar-refractivity contribution < 1.29 is 28.5 Å². The Hall–Kier alpha value is -5.04. The summed E-state index contributed by atoms with van der Waals surface area (Å²) in [5.41, 5.74) is 4.67. The van der Waals surface area contributed by atoms with Gasteiger partial charge in [0.15, 0.2) is 0 Å². The summed E-state index contributed by atoms with van der Waals surface area (Å²) in [7, 11) is 1.62. The summed E-state index contributed by atoms with van der Waals surface area (Å²) in [6, 6.07) is 32.9. The molecule has 0 fully saturated rings.